The third-order valence-corrected chi connectivity index (χ3v) is 3.81. The molecule has 104 valence electrons. The van der Waals surface area contributed by atoms with Crippen LogP contribution in [-0.4, -0.2) is 6.54 Å². The summed E-state index contributed by atoms with van der Waals surface area (Å²) in [5.74, 6) is 1.85. The van der Waals surface area contributed by atoms with E-state index in [2.05, 4.69) is 42.6 Å². The second-order valence-electron chi connectivity index (χ2n) is 5.31. The Morgan fingerprint density at radius 2 is 1.70 bits per heavy atom. The lowest BCUT2D eigenvalue weighted by molar-refractivity contribution is 0.481. The minimum absolute atomic E-state index is 0.906. The first-order valence-corrected chi connectivity index (χ1v) is 7.44. The van der Waals surface area contributed by atoms with Gasteiger partial charge in [0.1, 0.15) is 11.5 Å². The number of nitrogens with one attached hydrogen (secondary N) is 1. The Balaban J connectivity index is 1.68. The van der Waals surface area contributed by atoms with Gasteiger partial charge in [0.05, 0.1) is 0 Å². The number of aryl methyl sites for hydroxylation is 2. The zero-order valence-electron chi connectivity index (χ0n) is 12.0. The molecule has 2 heteroatoms. The molecule has 2 aromatic carbocycles. The first kappa shape index (κ1) is 13.2. The van der Waals surface area contributed by atoms with Crippen molar-refractivity contribution in [1.82, 2.24) is 5.32 Å². The van der Waals surface area contributed by atoms with Gasteiger partial charge >= 0.3 is 0 Å². The van der Waals surface area contributed by atoms with Gasteiger partial charge in [0.15, 0.2) is 0 Å². The van der Waals surface area contributed by atoms with E-state index in [1.54, 1.807) is 0 Å². The Kier molecular flexibility index (Phi) is 4.03. The van der Waals surface area contributed by atoms with E-state index in [0.29, 0.717) is 0 Å². The number of fused-ring (bicyclic) bond motifs is 1. The van der Waals surface area contributed by atoms with Crippen molar-refractivity contribution in [3.8, 4) is 11.5 Å². The van der Waals surface area contributed by atoms with Crippen LogP contribution in [0.25, 0.3) is 0 Å². The highest BCUT2D eigenvalue weighted by Crippen LogP contribution is 2.28. The van der Waals surface area contributed by atoms with Gasteiger partial charge in [-0.1, -0.05) is 25.1 Å². The fourth-order valence-electron chi connectivity index (χ4n) is 2.69. The fourth-order valence-corrected chi connectivity index (χ4v) is 2.69. The van der Waals surface area contributed by atoms with E-state index in [0.717, 1.165) is 24.6 Å². The van der Waals surface area contributed by atoms with Crippen LogP contribution in [0.1, 0.15) is 30.0 Å². The van der Waals surface area contributed by atoms with E-state index in [1.165, 1.54) is 36.0 Å². The third kappa shape index (κ3) is 3.02. The Morgan fingerprint density at radius 3 is 2.50 bits per heavy atom. The minimum atomic E-state index is 0.906. The van der Waals surface area contributed by atoms with Crippen molar-refractivity contribution >= 4 is 0 Å². The van der Waals surface area contributed by atoms with Crippen LogP contribution in [0, 0.1) is 0 Å². The molecule has 20 heavy (non-hydrogen) atoms. The lowest BCUT2D eigenvalue weighted by atomic mass is 10.1. The lowest BCUT2D eigenvalue weighted by Gasteiger charge is -2.09. The fraction of sp³-hybridized carbons (Fsp3) is 0.333. The molecule has 0 aliphatic heterocycles. The van der Waals surface area contributed by atoms with Crippen molar-refractivity contribution in [3.05, 3.63) is 59.2 Å². The number of ether oxygens (including phenoxy) is 1. The van der Waals surface area contributed by atoms with Crippen molar-refractivity contribution < 1.29 is 4.74 Å². The summed E-state index contributed by atoms with van der Waals surface area (Å²) in [4.78, 5) is 0. The molecule has 1 aliphatic rings. The van der Waals surface area contributed by atoms with Gasteiger partial charge in [0.2, 0.25) is 0 Å². The molecule has 0 heterocycles. The summed E-state index contributed by atoms with van der Waals surface area (Å²) in [6, 6.07) is 14.8. The lowest BCUT2D eigenvalue weighted by Crippen LogP contribution is -2.11. The van der Waals surface area contributed by atoms with Crippen LogP contribution >= 0.6 is 0 Å². The maximum atomic E-state index is 5.94. The van der Waals surface area contributed by atoms with E-state index in [1.807, 2.05) is 12.1 Å². The van der Waals surface area contributed by atoms with Crippen molar-refractivity contribution in [2.75, 3.05) is 6.54 Å². The predicted molar refractivity (Wildman–Crippen MR) is 82.4 cm³/mol. The molecule has 0 saturated heterocycles. The summed E-state index contributed by atoms with van der Waals surface area (Å²) in [5, 5.41) is 3.32. The van der Waals surface area contributed by atoms with Gasteiger partial charge in [-0.2, -0.15) is 0 Å². The summed E-state index contributed by atoms with van der Waals surface area (Å²) in [5.41, 5.74) is 4.22. The van der Waals surface area contributed by atoms with Crippen molar-refractivity contribution in [2.45, 2.75) is 32.7 Å². The zero-order valence-corrected chi connectivity index (χ0v) is 12.0. The molecule has 2 nitrogen and oxygen atoms in total. The van der Waals surface area contributed by atoms with Crippen molar-refractivity contribution in [2.24, 2.45) is 0 Å². The summed E-state index contributed by atoms with van der Waals surface area (Å²) in [7, 11) is 0. The standard InChI is InChI=1S/C18H21NO/c1-2-19-13-14-6-9-17(10-7-14)20-18-11-8-15-4-3-5-16(15)12-18/h6-12,19H,2-5,13H2,1H3. The van der Waals surface area contributed by atoms with Gasteiger partial charge in [-0.15, -0.1) is 0 Å². The summed E-state index contributed by atoms with van der Waals surface area (Å²) < 4.78 is 5.94. The predicted octanol–water partition coefficient (Wildman–Crippen LogP) is 4.08. The monoisotopic (exact) mass is 267 g/mol. The van der Waals surface area contributed by atoms with Gasteiger partial charge < -0.3 is 10.1 Å². The molecule has 0 radical (unpaired) electrons. The molecule has 0 fully saturated rings. The number of benzene rings is 2. The molecule has 0 unspecified atom stereocenters. The normalized spacial score (nSPS) is 13.2. The first-order chi connectivity index (χ1) is 9.85. The Bertz CT molecular complexity index is 574. The highest BCUT2D eigenvalue weighted by Gasteiger charge is 2.11. The molecule has 0 aromatic heterocycles. The van der Waals surface area contributed by atoms with Crippen molar-refractivity contribution in [1.29, 1.82) is 0 Å². The van der Waals surface area contributed by atoms with Crippen molar-refractivity contribution in [3.63, 3.8) is 0 Å². The summed E-state index contributed by atoms with van der Waals surface area (Å²) >= 11 is 0. The van der Waals surface area contributed by atoms with E-state index < -0.39 is 0 Å². The molecule has 0 bridgehead atoms. The van der Waals surface area contributed by atoms with Gasteiger partial charge in [0, 0.05) is 6.54 Å². The molecule has 2 aromatic rings. The molecule has 0 atom stereocenters. The van der Waals surface area contributed by atoms with E-state index >= 15 is 0 Å². The summed E-state index contributed by atoms with van der Waals surface area (Å²) in [6.45, 7) is 4.02. The van der Waals surface area contributed by atoms with E-state index in [4.69, 9.17) is 4.74 Å². The number of hydrogen-bond donors (Lipinski definition) is 1. The maximum absolute atomic E-state index is 5.94. The highest BCUT2D eigenvalue weighted by atomic mass is 16.5. The molecule has 0 spiro atoms. The van der Waals surface area contributed by atoms with E-state index in [-0.39, 0.29) is 0 Å². The first-order valence-electron chi connectivity index (χ1n) is 7.44. The largest absolute Gasteiger partial charge is 0.457 e. The Morgan fingerprint density at radius 1 is 0.950 bits per heavy atom. The second-order valence-corrected chi connectivity index (χ2v) is 5.31. The van der Waals surface area contributed by atoms with Crippen LogP contribution < -0.4 is 10.1 Å². The average Bonchev–Trinajstić information content (AvgIpc) is 2.94. The average molecular weight is 267 g/mol. The number of rotatable bonds is 5. The minimum Gasteiger partial charge on any atom is -0.457 e. The molecule has 0 amide bonds. The smallest absolute Gasteiger partial charge is 0.127 e. The highest BCUT2D eigenvalue weighted by molar-refractivity contribution is 5.40. The van der Waals surface area contributed by atoms with Crippen LogP contribution in [0.3, 0.4) is 0 Å². The zero-order chi connectivity index (χ0) is 13.8. The summed E-state index contributed by atoms with van der Waals surface area (Å²) in [6.07, 6.45) is 3.68. The van der Waals surface area contributed by atoms with Gasteiger partial charge in [-0.25, -0.2) is 0 Å². The molecular formula is C18H21NO. The molecule has 1 N–H and O–H groups in total. The Hall–Kier alpha value is -1.80. The van der Waals surface area contributed by atoms with Crippen LogP contribution in [0.15, 0.2) is 42.5 Å². The van der Waals surface area contributed by atoms with Crippen LogP contribution in [0.4, 0.5) is 0 Å². The third-order valence-electron chi connectivity index (χ3n) is 3.81. The Labute approximate surface area is 120 Å². The topological polar surface area (TPSA) is 21.3 Å². The van der Waals surface area contributed by atoms with Crippen LogP contribution in [0.5, 0.6) is 11.5 Å². The SMILES string of the molecule is CCNCc1ccc(Oc2ccc3c(c2)CCC3)cc1. The van der Waals surface area contributed by atoms with Crippen LogP contribution in [0.2, 0.25) is 0 Å². The molecule has 1 aliphatic carbocycles. The molecule has 0 saturated carbocycles. The van der Waals surface area contributed by atoms with Gasteiger partial charge in [0.25, 0.3) is 0 Å². The quantitative estimate of drug-likeness (QED) is 0.881. The second kappa shape index (κ2) is 6.10. The molecule has 3 rings (SSSR count). The van der Waals surface area contributed by atoms with E-state index in [9.17, 15) is 0 Å². The molecular weight excluding hydrogens is 246 g/mol. The van der Waals surface area contributed by atoms with Gasteiger partial charge in [-0.3, -0.25) is 0 Å². The van der Waals surface area contributed by atoms with Crippen LogP contribution in [-0.2, 0) is 19.4 Å². The maximum Gasteiger partial charge on any atom is 0.127 e. The number of hydrogen-bond acceptors (Lipinski definition) is 2. The van der Waals surface area contributed by atoms with Gasteiger partial charge in [-0.05, 0) is 66.8 Å².